The molecule has 0 aliphatic rings. The van der Waals surface area contributed by atoms with E-state index in [0.29, 0.717) is 10.0 Å². The van der Waals surface area contributed by atoms with E-state index in [1.54, 1.807) is 12.1 Å². The molecule has 0 aliphatic heterocycles. The van der Waals surface area contributed by atoms with Gasteiger partial charge >= 0.3 is 5.66 Å². The van der Waals surface area contributed by atoms with Gasteiger partial charge < -0.3 is 0 Å². The molecule has 2 rings (SSSR count). The van der Waals surface area contributed by atoms with Crippen LogP contribution in [0.25, 0.3) is 0 Å². The van der Waals surface area contributed by atoms with Gasteiger partial charge in [0.15, 0.2) is 10.6 Å². The van der Waals surface area contributed by atoms with Gasteiger partial charge in [-0.1, -0.05) is 47.5 Å². The fourth-order valence-corrected chi connectivity index (χ4v) is 3.61. The quantitative estimate of drug-likeness (QED) is 0.770. The summed E-state index contributed by atoms with van der Waals surface area (Å²) >= 11 is 12.1. The van der Waals surface area contributed by atoms with E-state index in [4.69, 9.17) is 23.2 Å². The maximum Gasteiger partial charge on any atom is 0.343 e. The standard InChI is InChI=1S/C13H8Cl2OP/c14-11-7-4-8-12(13(11)15)17(9-16)10-5-2-1-3-6-10/h1-8H/q+1. The van der Waals surface area contributed by atoms with Gasteiger partial charge in [0.25, 0.3) is 7.55 Å². The number of hydrogen-bond acceptors (Lipinski definition) is 1. The van der Waals surface area contributed by atoms with Crippen molar-refractivity contribution in [3.63, 3.8) is 0 Å². The van der Waals surface area contributed by atoms with E-state index in [1.165, 1.54) is 0 Å². The van der Waals surface area contributed by atoms with Gasteiger partial charge in [-0.2, -0.15) is 4.79 Å². The first kappa shape index (κ1) is 12.4. The van der Waals surface area contributed by atoms with Crippen LogP contribution in [0.15, 0.2) is 48.5 Å². The highest BCUT2D eigenvalue weighted by atomic mass is 35.5. The first-order valence-electron chi connectivity index (χ1n) is 4.91. The van der Waals surface area contributed by atoms with E-state index >= 15 is 0 Å². The monoisotopic (exact) mass is 281 g/mol. The van der Waals surface area contributed by atoms with Crippen LogP contribution in [0.3, 0.4) is 0 Å². The van der Waals surface area contributed by atoms with Crippen LogP contribution in [-0.4, -0.2) is 5.66 Å². The van der Waals surface area contributed by atoms with Crippen LogP contribution in [0.5, 0.6) is 0 Å². The molecule has 0 saturated carbocycles. The Morgan fingerprint density at radius 3 is 2.29 bits per heavy atom. The van der Waals surface area contributed by atoms with Crippen molar-refractivity contribution in [1.82, 2.24) is 0 Å². The maximum atomic E-state index is 11.2. The lowest BCUT2D eigenvalue weighted by atomic mass is 10.4. The van der Waals surface area contributed by atoms with Crippen LogP contribution < -0.4 is 10.6 Å². The fraction of sp³-hybridized carbons (Fsp3) is 0. The van der Waals surface area contributed by atoms with E-state index in [9.17, 15) is 4.79 Å². The maximum absolute atomic E-state index is 11.2. The number of rotatable bonds is 2. The molecule has 0 bridgehead atoms. The van der Waals surface area contributed by atoms with Crippen molar-refractivity contribution in [1.29, 1.82) is 0 Å². The molecule has 17 heavy (non-hydrogen) atoms. The molecule has 1 unspecified atom stereocenters. The summed E-state index contributed by atoms with van der Waals surface area (Å²) in [6.07, 6.45) is 0. The predicted molar refractivity (Wildman–Crippen MR) is 74.8 cm³/mol. The molecule has 0 N–H and O–H groups in total. The van der Waals surface area contributed by atoms with Crippen molar-refractivity contribution in [3.8, 4) is 0 Å². The normalized spacial score (nSPS) is 10.8. The van der Waals surface area contributed by atoms with E-state index < -0.39 is 7.55 Å². The van der Waals surface area contributed by atoms with Gasteiger partial charge in [0, 0.05) is 0 Å². The molecule has 0 heterocycles. The van der Waals surface area contributed by atoms with Crippen LogP contribution >= 0.6 is 30.7 Å². The van der Waals surface area contributed by atoms with Crippen LogP contribution in [0.4, 0.5) is 0 Å². The SMILES string of the molecule is O=C=[P+](c1ccccc1)c1cccc(Cl)c1Cl. The van der Waals surface area contributed by atoms with E-state index in [1.807, 2.05) is 36.4 Å². The lowest BCUT2D eigenvalue weighted by molar-refractivity contribution is 0.572. The summed E-state index contributed by atoms with van der Waals surface area (Å²) in [6, 6.07) is 14.8. The van der Waals surface area contributed by atoms with Crippen LogP contribution in [0.2, 0.25) is 10.0 Å². The van der Waals surface area contributed by atoms with Crippen molar-refractivity contribution < 1.29 is 4.79 Å². The third-order valence-corrected chi connectivity index (χ3v) is 5.08. The molecule has 0 amide bonds. The van der Waals surface area contributed by atoms with Gasteiger partial charge in [0.05, 0.1) is 5.02 Å². The van der Waals surface area contributed by atoms with Crippen LogP contribution in [0.1, 0.15) is 0 Å². The van der Waals surface area contributed by atoms with Gasteiger partial charge in [0.1, 0.15) is 5.02 Å². The second-order valence-corrected chi connectivity index (χ2v) is 5.97. The molecule has 0 saturated heterocycles. The lowest BCUT2D eigenvalue weighted by Gasteiger charge is -1.97. The Kier molecular flexibility index (Phi) is 3.99. The average molecular weight is 282 g/mol. The summed E-state index contributed by atoms with van der Waals surface area (Å²) in [4.78, 5) is 11.2. The summed E-state index contributed by atoms with van der Waals surface area (Å²) in [6.45, 7) is 0. The van der Waals surface area contributed by atoms with E-state index in [0.717, 1.165) is 10.6 Å². The Balaban J connectivity index is 2.59. The molecule has 0 spiro atoms. The fourth-order valence-electron chi connectivity index (χ4n) is 1.48. The minimum atomic E-state index is -1.21. The summed E-state index contributed by atoms with van der Waals surface area (Å²) in [5, 5.41) is 2.56. The Hall–Kier alpha value is -1.10. The zero-order chi connectivity index (χ0) is 12.3. The summed E-state index contributed by atoms with van der Waals surface area (Å²) in [5.41, 5.74) is 2.07. The molecule has 1 nitrogen and oxygen atoms in total. The van der Waals surface area contributed by atoms with Gasteiger partial charge in [-0.15, -0.1) is 0 Å². The summed E-state index contributed by atoms with van der Waals surface area (Å²) < 4.78 is 0. The predicted octanol–water partition coefficient (Wildman–Crippen LogP) is 3.49. The van der Waals surface area contributed by atoms with Gasteiger partial charge in [0.2, 0.25) is 0 Å². The third kappa shape index (κ3) is 2.60. The molecular formula is C13H8Cl2OP+. The number of hydrogen-bond donors (Lipinski definition) is 0. The molecule has 1 atom stereocenters. The largest absolute Gasteiger partial charge is 0.343 e. The second kappa shape index (κ2) is 5.49. The lowest BCUT2D eigenvalue weighted by Crippen LogP contribution is -2.08. The van der Waals surface area contributed by atoms with Gasteiger partial charge in [-0.3, -0.25) is 0 Å². The van der Waals surface area contributed by atoms with E-state index in [2.05, 4.69) is 5.66 Å². The average Bonchev–Trinajstić information content (AvgIpc) is 2.37. The number of halogens is 2. The highest BCUT2D eigenvalue weighted by Gasteiger charge is 2.24. The molecule has 4 heteroatoms. The molecule has 0 radical (unpaired) electrons. The molecule has 0 aromatic heterocycles. The van der Waals surface area contributed by atoms with E-state index in [-0.39, 0.29) is 0 Å². The molecule has 0 fully saturated rings. The third-order valence-electron chi connectivity index (χ3n) is 2.28. The van der Waals surface area contributed by atoms with Crippen molar-refractivity contribution in [3.05, 3.63) is 58.6 Å². The zero-order valence-electron chi connectivity index (χ0n) is 8.73. The summed E-state index contributed by atoms with van der Waals surface area (Å²) in [5.74, 6) is 0. The minimum absolute atomic E-state index is 0.437. The second-order valence-electron chi connectivity index (χ2n) is 3.34. The Morgan fingerprint density at radius 2 is 1.65 bits per heavy atom. The Bertz CT molecular complexity index is 590. The van der Waals surface area contributed by atoms with Crippen molar-refractivity contribution in [2.24, 2.45) is 0 Å². The van der Waals surface area contributed by atoms with Crippen molar-refractivity contribution in [2.75, 3.05) is 0 Å². The Morgan fingerprint density at radius 1 is 0.941 bits per heavy atom. The highest BCUT2D eigenvalue weighted by Crippen LogP contribution is 2.28. The minimum Gasteiger partial charge on any atom is -0.183 e. The first-order chi connectivity index (χ1) is 8.24. The number of benzene rings is 2. The smallest absolute Gasteiger partial charge is 0.183 e. The molecule has 0 aliphatic carbocycles. The topological polar surface area (TPSA) is 17.1 Å². The van der Waals surface area contributed by atoms with Gasteiger partial charge in [-0.05, 0) is 24.3 Å². The Labute approximate surface area is 110 Å². The van der Waals surface area contributed by atoms with Crippen LogP contribution in [-0.2, 0) is 4.79 Å². The highest BCUT2D eigenvalue weighted by molar-refractivity contribution is 7.71. The number of carbonyl (C=O) groups excluding carboxylic acids is 1. The molecule has 84 valence electrons. The molecular weight excluding hydrogens is 274 g/mol. The first-order valence-corrected chi connectivity index (χ1v) is 7.01. The van der Waals surface area contributed by atoms with Crippen molar-refractivity contribution >= 4 is 47.0 Å². The molecule has 2 aromatic carbocycles. The zero-order valence-corrected chi connectivity index (χ0v) is 11.1. The molecule has 2 aromatic rings. The van der Waals surface area contributed by atoms with Crippen molar-refractivity contribution in [2.45, 2.75) is 0 Å². The summed E-state index contributed by atoms with van der Waals surface area (Å²) in [7, 11) is -1.21. The van der Waals surface area contributed by atoms with Gasteiger partial charge in [-0.25, -0.2) is 0 Å². The van der Waals surface area contributed by atoms with Crippen LogP contribution in [0, 0.1) is 0 Å².